The number of hydrazine groups is 2. The van der Waals surface area contributed by atoms with Gasteiger partial charge >= 0.3 is 0 Å². The first-order chi connectivity index (χ1) is 21.0. The van der Waals surface area contributed by atoms with Gasteiger partial charge in [-0.1, -0.05) is 74.5 Å². The van der Waals surface area contributed by atoms with Gasteiger partial charge in [0.1, 0.15) is 5.84 Å². The van der Waals surface area contributed by atoms with Gasteiger partial charge in [-0.15, -0.1) is 10.6 Å². The Morgan fingerprint density at radius 1 is 0.884 bits per heavy atom. The van der Waals surface area contributed by atoms with Crippen molar-refractivity contribution >= 4 is 11.7 Å². The Balaban J connectivity index is 1.23. The van der Waals surface area contributed by atoms with E-state index in [1.54, 1.807) is 0 Å². The molecule has 3 aromatic rings. The monoisotopic (exact) mass is 585 g/mol. The van der Waals surface area contributed by atoms with Crippen LogP contribution in [-0.4, -0.2) is 55.0 Å². The quantitative estimate of drug-likeness (QED) is 0.146. The number of pyridine rings is 1. The van der Waals surface area contributed by atoms with Crippen molar-refractivity contribution < 1.29 is 9.53 Å². The number of nitrogens with one attached hydrogen (secondary N) is 4. The van der Waals surface area contributed by atoms with Crippen molar-refractivity contribution in [2.75, 3.05) is 33.3 Å². The van der Waals surface area contributed by atoms with Crippen molar-refractivity contribution in [3.05, 3.63) is 72.8 Å². The first-order valence-corrected chi connectivity index (χ1v) is 15.5. The number of amides is 1. The molecule has 0 radical (unpaired) electrons. The molecule has 9 heteroatoms. The van der Waals surface area contributed by atoms with Crippen LogP contribution in [0.1, 0.15) is 58.8 Å². The number of carbonyl (C=O) groups excluding carboxylic acids is 1. The Morgan fingerprint density at radius 2 is 1.63 bits per heavy atom. The minimum Gasteiger partial charge on any atom is -0.478 e. The summed E-state index contributed by atoms with van der Waals surface area (Å²) in [4.78, 5) is 16.9. The largest absolute Gasteiger partial charge is 0.478 e. The normalized spacial score (nSPS) is 13.0. The van der Waals surface area contributed by atoms with E-state index in [-0.39, 0.29) is 11.3 Å². The number of ether oxygens (including phenoxy) is 1. The molecule has 4 rings (SSSR count). The molecule has 2 aromatic carbocycles. The molecule has 0 atom stereocenters. The summed E-state index contributed by atoms with van der Waals surface area (Å²) in [5.41, 5.74) is 10.2. The number of amidine groups is 1. The van der Waals surface area contributed by atoms with Crippen molar-refractivity contribution in [2.45, 2.75) is 58.8 Å². The molecule has 2 heterocycles. The second-order valence-electron chi connectivity index (χ2n) is 11.6. The van der Waals surface area contributed by atoms with Gasteiger partial charge < -0.3 is 15.4 Å². The number of hydrogen-bond acceptors (Lipinski definition) is 8. The van der Waals surface area contributed by atoms with E-state index < -0.39 is 0 Å². The number of hydrazone groups is 1. The van der Waals surface area contributed by atoms with Crippen LogP contribution < -0.4 is 26.4 Å². The fraction of sp³-hybridized carbons (Fsp3) is 0.441. The molecule has 43 heavy (non-hydrogen) atoms. The highest BCUT2D eigenvalue weighted by Gasteiger charge is 2.32. The van der Waals surface area contributed by atoms with E-state index in [1.165, 1.54) is 0 Å². The lowest BCUT2D eigenvalue weighted by atomic mass is 9.85. The topological polar surface area (TPSA) is 103 Å². The lowest BCUT2D eigenvalue weighted by Crippen LogP contribution is -2.46. The molecule has 230 valence electrons. The standard InChI is InChI=1S/C34H47N7O2/c1-34(2,33-38-39-40-41(33)23-12-10-19-31(42)36-22-14-21-35-3)20-11-13-24-43-32-26-29(27-15-6-4-7-16-27)25-30(37-32)28-17-8-5-9-18-28/h4-9,15-18,25-26,35,39-40H,10-14,19-24H2,1-3H3,(H,36,42). The average molecular weight is 586 g/mol. The molecule has 1 aliphatic rings. The highest BCUT2D eigenvalue weighted by atomic mass is 16.5. The molecule has 0 fully saturated rings. The van der Waals surface area contributed by atoms with Crippen molar-refractivity contribution in [3.8, 4) is 28.3 Å². The van der Waals surface area contributed by atoms with Crippen molar-refractivity contribution in [1.82, 2.24) is 31.7 Å². The molecule has 0 saturated carbocycles. The predicted octanol–water partition coefficient (Wildman–Crippen LogP) is 5.53. The summed E-state index contributed by atoms with van der Waals surface area (Å²) in [6.45, 7) is 7.47. The maximum Gasteiger partial charge on any atom is 0.219 e. The van der Waals surface area contributed by atoms with Crippen molar-refractivity contribution in [2.24, 2.45) is 10.5 Å². The van der Waals surface area contributed by atoms with Crippen LogP contribution in [0.2, 0.25) is 0 Å². The second kappa shape index (κ2) is 16.6. The van der Waals surface area contributed by atoms with Gasteiger partial charge in [0.05, 0.1) is 12.3 Å². The number of unbranched alkanes of at least 4 members (excludes halogenated alkanes) is 2. The highest BCUT2D eigenvalue weighted by molar-refractivity contribution is 5.87. The lowest BCUT2D eigenvalue weighted by Gasteiger charge is -2.30. The number of nitrogens with zero attached hydrogens (tertiary/aromatic N) is 3. The van der Waals surface area contributed by atoms with E-state index in [1.807, 2.05) is 49.5 Å². The van der Waals surface area contributed by atoms with E-state index >= 15 is 0 Å². The van der Waals surface area contributed by atoms with Crippen LogP contribution in [0.5, 0.6) is 5.88 Å². The van der Waals surface area contributed by atoms with Gasteiger partial charge in [-0.25, -0.2) is 10.5 Å². The van der Waals surface area contributed by atoms with Gasteiger partial charge in [-0.3, -0.25) is 9.80 Å². The number of aromatic nitrogens is 1. The average Bonchev–Trinajstić information content (AvgIpc) is 3.52. The van der Waals surface area contributed by atoms with E-state index in [0.29, 0.717) is 18.9 Å². The third-order valence-corrected chi connectivity index (χ3v) is 7.59. The Hall–Kier alpha value is -3.95. The van der Waals surface area contributed by atoms with Crippen LogP contribution in [0.25, 0.3) is 22.4 Å². The molecule has 0 bridgehead atoms. The first-order valence-electron chi connectivity index (χ1n) is 15.5. The summed E-state index contributed by atoms with van der Waals surface area (Å²) in [6, 6.07) is 24.7. The number of hydrogen-bond donors (Lipinski definition) is 4. The Kier molecular flexibility index (Phi) is 12.4. The molecular weight excluding hydrogens is 538 g/mol. The van der Waals surface area contributed by atoms with Crippen molar-refractivity contribution in [1.29, 1.82) is 0 Å². The fourth-order valence-electron chi connectivity index (χ4n) is 5.16. The molecule has 1 aromatic heterocycles. The Bertz CT molecular complexity index is 1240. The van der Waals surface area contributed by atoms with Gasteiger partial charge in [0.25, 0.3) is 0 Å². The number of carbonyl (C=O) groups is 1. The SMILES string of the molecule is CNCCCNC(=O)CCCCN1NNN=C1C(C)(C)CCCCOc1cc(-c2ccccc2)cc(-c2ccccc2)n1. The third-order valence-electron chi connectivity index (χ3n) is 7.59. The predicted molar refractivity (Wildman–Crippen MR) is 174 cm³/mol. The number of rotatable bonds is 18. The second-order valence-corrected chi connectivity index (χ2v) is 11.6. The maximum atomic E-state index is 12.0. The molecular formula is C34H47N7O2. The lowest BCUT2D eigenvalue weighted by molar-refractivity contribution is -0.121. The van der Waals surface area contributed by atoms with E-state index in [9.17, 15) is 4.79 Å². The minimum absolute atomic E-state index is 0.118. The van der Waals surface area contributed by atoms with E-state index in [0.717, 1.165) is 86.4 Å². The fourth-order valence-corrected chi connectivity index (χ4v) is 5.16. The van der Waals surface area contributed by atoms with Gasteiger partial charge in [0.2, 0.25) is 11.8 Å². The molecule has 9 nitrogen and oxygen atoms in total. The first kappa shape index (κ1) is 32.0. The van der Waals surface area contributed by atoms with Gasteiger partial charge in [-0.2, -0.15) is 0 Å². The summed E-state index contributed by atoms with van der Waals surface area (Å²) in [5, 5.41) is 12.7. The Morgan fingerprint density at radius 3 is 2.37 bits per heavy atom. The van der Waals surface area contributed by atoms with E-state index in [2.05, 4.69) is 76.0 Å². The van der Waals surface area contributed by atoms with Crippen LogP contribution in [0, 0.1) is 5.41 Å². The smallest absolute Gasteiger partial charge is 0.219 e. The third kappa shape index (κ3) is 10.1. The van der Waals surface area contributed by atoms with Gasteiger partial charge in [0.15, 0.2) is 0 Å². The molecule has 0 aliphatic carbocycles. The zero-order chi connectivity index (χ0) is 30.3. The molecule has 4 N–H and O–H groups in total. The summed E-state index contributed by atoms with van der Waals surface area (Å²) >= 11 is 0. The van der Waals surface area contributed by atoms with Crippen LogP contribution in [0.15, 0.2) is 77.9 Å². The minimum atomic E-state index is -0.118. The highest BCUT2D eigenvalue weighted by Crippen LogP contribution is 2.30. The van der Waals surface area contributed by atoms with Crippen LogP contribution >= 0.6 is 0 Å². The summed E-state index contributed by atoms with van der Waals surface area (Å²) in [7, 11) is 1.92. The molecule has 0 unspecified atom stereocenters. The molecule has 0 spiro atoms. The number of benzene rings is 2. The summed E-state index contributed by atoms with van der Waals surface area (Å²) < 4.78 is 6.20. The van der Waals surface area contributed by atoms with E-state index in [4.69, 9.17) is 9.72 Å². The zero-order valence-electron chi connectivity index (χ0n) is 25.9. The van der Waals surface area contributed by atoms with Crippen LogP contribution in [0.4, 0.5) is 0 Å². The molecule has 1 amide bonds. The van der Waals surface area contributed by atoms with Crippen molar-refractivity contribution in [3.63, 3.8) is 0 Å². The maximum absolute atomic E-state index is 12.0. The zero-order valence-corrected chi connectivity index (χ0v) is 25.9. The van der Waals surface area contributed by atoms with Crippen LogP contribution in [0.3, 0.4) is 0 Å². The summed E-state index contributed by atoms with van der Waals surface area (Å²) in [5.74, 6) is 1.76. The molecule has 0 saturated heterocycles. The van der Waals surface area contributed by atoms with Gasteiger partial charge in [0, 0.05) is 36.6 Å². The Labute approximate surface area is 256 Å². The van der Waals surface area contributed by atoms with Crippen LogP contribution in [-0.2, 0) is 4.79 Å². The summed E-state index contributed by atoms with van der Waals surface area (Å²) in [6.07, 6.45) is 6.12. The van der Waals surface area contributed by atoms with Gasteiger partial charge in [-0.05, 0) is 69.3 Å². The molecule has 1 aliphatic heterocycles.